The zero-order valence-electron chi connectivity index (χ0n) is 19.1. The molecule has 0 unspecified atom stereocenters. The van der Waals surface area contributed by atoms with Crippen LogP contribution in [0.15, 0.2) is 79.0 Å². The van der Waals surface area contributed by atoms with Crippen molar-refractivity contribution < 1.29 is 14.7 Å². The smallest absolute Gasteiger partial charge is 0.255 e. The molecule has 7 nitrogen and oxygen atoms in total. The van der Waals surface area contributed by atoms with E-state index in [1.54, 1.807) is 10.9 Å². The number of carbonyl (C=O) groups is 2. The van der Waals surface area contributed by atoms with E-state index >= 15 is 0 Å². The van der Waals surface area contributed by atoms with Crippen LogP contribution in [0, 0.1) is 13.8 Å². The highest BCUT2D eigenvalue weighted by molar-refractivity contribution is 6.00. The number of amides is 2. The van der Waals surface area contributed by atoms with Crippen molar-refractivity contribution >= 4 is 11.8 Å². The fourth-order valence-corrected chi connectivity index (χ4v) is 3.52. The van der Waals surface area contributed by atoms with E-state index in [0.717, 1.165) is 16.8 Å². The molecule has 0 aliphatic carbocycles. The Labute approximate surface area is 198 Å². The van der Waals surface area contributed by atoms with Crippen molar-refractivity contribution in [1.82, 2.24) is 20.4 Å². The van der Waals surface area contributed by atoms with Crippen LogP contribution in [0.25, 0.3) is 16.9 Å². The first-order valence-electron chi connectivity index (χ1n) is 11.0. The van der Waals surface area contributed by atoms with Crippen molar-refractivity contribution in [1.29, 1.82) is 0 Å². The van der Waals surface area contributed by atoms with Crippen LogP contribution in [0.1, 0.15) is 31.8 Å². The van der Waals surface area contributed by atoms with E-state index in [0.29, 0.717) is 16.8 Å². The third kappa shape index (κ3) is 5.15. The van der Waals surface area contributed by atoms with Gasteiger partial charge in [0.15, 0.2) is 0 Å². The number of carbonyl (C=O) groups excluding carboxylic acids is 2. The second-order valence-corrected chi connectivity index (χ2v) is 8.03. The summed E-state index contributed by atoms with van der Waals surface area (Å²) >= 11 is 0. The number of phenols is 1. The highest BCUT2D eigenvalue weighted by Crippen LogP contribution is 2.26. The largest absolute Gasteiger partial charge is 0.508 e. The van der Waals surface area contributed by atoms with Crippen molar-refractivity contribution in [2.75, 3.05) is 13.1 Å². The SMILES string of the molecule is Cc1ccc(-c2nn(-c3ccccc3)cc2C(=O)NCCNC(=O)c2ccc(O)cc2)cc1C. The molecule has 172 valence electrons. The van der Waals surface area contributed by atoms with Crippen molar-refractivity contribution in [2.45, 2.75) is 13.8 Å². The lowest BCUT2D eigenvalue weighted by Gasteiger charge is -2.08. The number of hydrogen-bond donors (Lipinski definition) is 3. The number of rotatable bonds is 7. The third-order valence-electron chi connectivity index (χ3n) is 5.59. The van der Waals surface area contributed by atoms with Crippen LogP contribution in [0.5, 0.6) is 5.75 Å². The van der Waals surface area contributed by atoms with E-state index in [-0.39, 0.29) is 30.7 Å². The van der Waals surface area contributed by atoms with E-state index < -0.39 is 0 Å². The van der Waals surface area contributed by atoms with Gasteiger partial charge in [0.25, 0.3) is 11.8 Å². The normalized spacial score (nSPS) is 10.6. The Kier molecular flexibility index (Phi) is 6.73. The summed E-state index contributed by atoms with van der Waals surface area (Å²) in [7, 11) is 0. The van der Waals surface area contributed by atoms with Crippen LogP contribution in [0.4, 0.5) is 0 Å². The summed E-state index contributed by atoms with van der Waals surface area (Å²) in [5, 5.41) is 19.7. The Balaban J connectivity index is 1.49. The van der Waals surface area contributed by atoms with Crippen molar-refractivity contribution in [2.24, 2.45) is 0 Å². The first-order valence-corrected chi connectivity index (χ1v) is 11.0. The first-order chi connectivity index (χ1) is 16.4. The molecule has 4 aromatic rings. The maximum atomic E-state index is 13.1. The van der Waals surface area contributed by atoms with Gasteiger partial charge < -0.3 is 15.7 Å². The lowest BCUT2D eigenvalue weighted by molar-refractivity contribution is 0.0928. The lowest BCUT2D eigenvalue weighted by atomic mass is 10.0. The van der Waals surface area contributed by atoms with Crippen molar-refractivity contribution in [3.63, 3.8) is 0 Å². The van der Waals surface area contributed by atoms with Gasteiger partial charge in [-0.05, 0) is 67.4 Å². The standard InChI is InChI=1S/C27H26N4O3/c1-18-8-9-21(16-19(18)2)25-24(17-31(30-25)22-6-4-3-5-7-22)27(34)29-15-14-28-26(33)20-10-12-23(32)13-11-20/h3-13,16-17,32H,14-15H2,1-2H3,(H,28,33)(H,29,34). The number of aromatic hydroxyl groups is 1. The number of nitrogens with zero attached hydrogens (tertiary/aromatic N) is 2. The fraction of sp³-hybridized carbons (Fsp3) is 0.148. The molecule has 0 aliphatic rings. The topological polar surface area (TPSA) is 96.3 Å². The Morgan fingerprint density at radius 2 is 1.53 bits per heavy atom. The third-order valence-corrected chi connectivity index (χ3v) is 5.59. The van der Waals surface area contributed by atoms with Gasteiger partial charge in [0.1, 0.15) is 11.4 Å². The summed E-state index contributed by atoms with van der Waals surface area (Å²) in [6.07, 6.45) is 1.73. The Morgan fingerprint density at radius 3 is 2.21 bits per heavy atom. The molecule has 0 saturated heterocycles. The highest BCUT2D eigenvalue weighted by Gasteiger charge is 2.19. The van der Waals surface area contributed by atoms with Gasteiger partial charge in [0.2, 0.25) is 0 Å². The Morgan fingerprint density at radius 1 is 0.853 bits per heavy atom. The number of phenolic OH excluding ortho intramolecular Hbond substituents is 1. The average molecular weight is 455 g/mol. The number of nitrogens with one attached hydrogen (secondary N) is 2. The summed E-state index contributed by atoms with van der Waals surface area (Å²) in [4.78, 5) is 25.3. The minimum Gasteiger partial charge on any atom is -0.508 e. The van der Waals surface area contributed by atoms with E-state index in [9.17, 15) is 14.7 Å². The monoisotopic (exact) mass is 454 g/mol. The molecular weight excluding hydrogens is 428 g/mol. The van der Waals surface area contributed by atoms with Crippen LogP contribution >= 0.6 is 0 Å². The molecule has 2 amide bonds. The zero-order valence-corrected chi connectivity index (χ0v) is 19.1. The summed E-state index contributed by atoms with van der Waals surface area (Å²) < 4.78 is 1.70. The molecule has 0 radical (unpaired) electrons. The van der Waals surface area contributed by atoms with Gasteiger partial charge in [-0.2, -0.15) is 5.10 Å². The Hall–Kier alpha value is -4.39. The minimum atomic E-state index is -0.276. The molecule has 1 aromatic heterocycles. The predicted molar refractivity (Wildman–Crippen MR) is 131 cm³/mol. The molecule has 0 spiro atoms. The van der Waals surface area contributed by atoms with E-state index in [1.165, 1.54) is 29.8 Å². The number of aryl methyl sites for hydroxylation is 2. The second kappa shape index (κ2) is 10.0. The maximum Gasteiger partial charge on any atom is 0.255 e. The zero-order chi connectivity index (χ0) is 24.1. The number of benzene rings is 3. The molecule has 34 heavy (non-hydrogen) atoms. The highest BCUT2D eigenvalue weighted by atomic mass is 16.3. The molecule has 0 saturated carbocycles. The average Bonchev–Trinajstić information content (AvgIpc) is 3.30. The molecule has 1 heterocycles. The van der Waals surface area contributed by atoms with Crippen molar-refractivity contribution in [3.05, 3.63) is 101 Å². The molecule has 3 N–H and O–H groups in total. The van der Waals surface area contributed by atoms with Gasteiger partial charge in [-0.15, -0.1) is 0 Å². The molecular formula is C27H26N4O3. The molecule has 4 rings (SSSR count). The minimum absolute atomic E-state index is 0.0967. The quantitative estimate of drug-likeness (QED) is 0.368. The van der Waals surface area contributed by atoms with Gasteiger partial charge in [0.05, 0.1) is 11.3 Å². The summed E-state index contributed by atoms with van der Waals surface area (Å²) in [6, 6.07) is 21.6. The van der Waals surface area contributed by atoms with E-state index in [2.05, 4.69) is 10.6 Å². The predicted octanol–water partition coefficient (Wildman–Crippen LogP) is 4.02. The summed E-state index contributed by atoms with van der Waals surface area (Å²) in [5.74, 6) is -0.448. The Bertz CT molecular complexity index is 1310. The van der Waals surface area contributed by atoms with Crippen LogP contribution in [0.3, 0.4) is 0 Å². The molecule has 7 heteroatoms. The van der Waals surface area contributed by atoms with Gasteiger partial charge in [-0.3, -0.25) is 9.59 Å². The fourth-order valence-electron chi connectivity index (χ4n) is 3.52. The molecule has 0 aliphatic heterocycles. The molecule has 3 aromatic carbocycles. The van der Waals surface area contributed by atoms with E-state index in [1.807, 2.05) is 62.4 Å². The molecule has 0 bridgehead atoms. The van der Waals surface area contributed by atoms with E-state index in [4.69, 9.17) is 5.10 Å². The van der Waals surface area contributed by atoms with Gasteiger partial charge in [-0.25, -0.2) is 4.68 Å². The number of hydrogen-bond acceptors (Lipinski definition) is 4. The molecule has 0 fully saturated rings. The van der Waals surface area contributed by atoms with Crippen LogP contribution in [-0.4, -0.2) is 39.8 Å². The summed E-state index contributed by atoms with van der Waals surface area (Å²) in [6.45, 7) is 4.59. The summed E-state index contributed by atoms with van der Waals surface area (Å²) in [5.41, 5.74) is 5.49. The van der Waals surface area contributed by atoms with Crippen LogP contribution < -0.4 is 10.6 Å². The van der Waals surface area contributed by atoms with Crippen LogP contribution in [0.2, 0.25) is 0 Å². The van der Waals surface area contributed by atoms with Gasteiger partial charge >= 0.3 is 0 Å². The lowest BCUT2D eigenvalue weighted by Crippen LogP contribution is -2.34. The van der Waals surface area contributed by atoms with Crippen molar-refractivity contribution in [3.8, 4) is 22.7 Å². The van der Waals surface area contributed by atoms with Gasteiger partial charge in [-0.1, -0.05) is 30.3 Å². The number of aromatic nitrogens is 2. The van der Waals surface area contributed by atoms with Gasteiger partial charge in [0, 0.05) is 30.4 Å². The number of para-hydroxylation sites is 1. The van der Waals surface area contributed by atoms with Crippen LogP contribution in [-0.2, 0) is 0 Å². The molecule has 0 atom stereocenters. The first kappa shape index (κ1) is 22.8. The second-order valence-electron chi connectivity index (χ2n) is 8.03. The maximum absolute atomic E-state index is 13.1.